The molecule has 1 aliphatic rings. The van der Waals surface area contributed by atoms with Crippen molar-refractivity contribution < 1.29 is 19.8 Å². The Kier molecular flexibility index (Phi) is 6.91. The van der Waals surface area contributed by atoms with Gasteiger partial charge in [-0.05, 0) is 0 Å². The van der Waals surface area contributed by atoms with Gasteiger partial charge in [0, 0.05) is 0 Å². The van der Waals surface area contributed by atoms with E-state index in [2.05, 4.69) is 60.0 Å². The van der Waals surface area contributed by atoms with E-state index in [1.54, 1.807) is 6.49 Å². The first-order chi connectivity index (χ1) is 7.15. The first-order valence-electron chi connectivity index (χ1n) is 5.46. The maximum Gasteiger partial charge on any atom is -0.147 e. The van der Waals surface area contributed by atoms with Crippen molar-refractivity contribution >= 4 is 31.4 Å². The Morgan fingerprint density at radius 2 is 2.00 bits per heavy atom. The Labute approximate surface area is 120 Å². The van der Waals surface area contributed by atoms with Gasteiger partial charge in [0.25, 0.3) is 0 Å². The van der Waals surface area contributed by atoms with Crippen LogP contribution in [-0.4, -0.2) is 8.19 Å². The van der Waals surface area contributed by atoms with E-state index in [-0.39, 0.29) is 24.8 Å². The molecular formula is C13H20Cl2NZr. The summed E-state index contributed by atoms with van der Waals surface area (Å²) in [5.41, 5.74) is 0. The number of H-pyrrole nitrogens is 1. The number of aromatic amines is 1. The quantitative estimate of drug-likeness (QED) is 0.835. The van der Waals surface area contributed by atoms with Gasteiger partial charge in [0.05, 0.1) is 0 Å². The van der Waals surface area contributed by atoms with Crippen LogP contribution < -0.4 is 3.40 Å². The molecular weight excluding hydrogens is 332 g/mol. The number of aromatic nitrogens is 1. The molecule has 17 heavy (non-hydrogen) atoms. The fourth-order valence-electron chi connectivity index (χ4n) is 2.22. The zero-order chi connectivity index (χ0) is 10.9. The molecule has 0 aromatic carbocycles. The fourth-order valence-corrected chi connectivity index (χ4v) is 10.3. The standard InChI is InChI=1S/C5H5.C4H4N.C3H6.CH3.2ClH.Zr/c2*1-2-4-5-3-1;1-3-2;;;;/h1-3H,4H2;1-3,5H;1-2H3;1H3;2*1H;. The van der Waals surface area contributed by atoms with Gasteiger partial charge in [-0.2, -0.15) is 0 Å². The summed E-state index contributed by atoms with van der Waals surface area (Å²) >= 11 is -2.39. The van der Waals surface area contributed by atoms with Gasteiger partial charge in [0.15, 0.2) is 0 Å². The molecule has 1 aliphatic carbocycles. The molecule has 0 bridgehead atoms. The van der Waals surface area contributed by atoms with Gasteiger partial charge in [-0.1, -0.05) is 0 Å². The van der Waals surface area contributed by atoms with E-state index in [0.29, 0.717) is 0 Å². The van der Waals surface area contributed by atoms with E-state index in [1.165, 1.54) is 3.40 Å². The first-order valence-corrected chi connectivity index (χ1v) is 11.6. The van der Waals surface area contributed by atoms with Crippen LogP contribution in [0.3, 0.4) is 0 Å². The van der Waals surface area contributed by atoms with E-state index in [4.69, 9.17) is 0 Å². The maximum absolute atomic E-state index is 3.44. The second-order valence-corrected chi connectivity index (χ2v) is 15.4. The molecule has 1 aromatic rings. The minimum absolute atomic E-state index is 0. The summed E-state index contributed by atoms with van der Waals surface area (Å²) in [4.78, 5) is 3.44. The van der Waals surface area contributed by atoms with Gasteiger partial charge in [-0.15, -0.1) is 24.8 Å². The molecule has 1 N–H and O–H groups in total. The van der Waals surface area contributed by atoms with Crippen LogP contribution in [-0.2, 0) is 19.8 Å². The predicted molar refractivity (Wildman–Crippen MR) is 79.0 cm³/mol. The van der Waals surface area contributed by atoms with Crippen molar-refractivity contribution in [2.75, 3.05) is 0 Å². The smallest absolute Gasteiger partial charge is 0.147 e. The van der Waals surface area contributed by atoms with E-state index in [1.807, 2.05) is 0 Å². The Hall–Kier alpha value is 0.0931. The predicted octanol–water partition coefficient (Wildman–Crippen LogP) is 3.74. The van der Waals surface area contributed by atoms with E-state index < -0.39 is 19.8 Å². The summed E-state index contributed by atoms with van der Waals surface area (Å²) < 4.78 is 7.34. The van der Waals surface area contributed by atoms with E-state index in [9.17, 15) is 0 Å². The average molecular weight is 352 g/mol. The van der Waals surface area contributed by atoms with Crippen LogP contribution in [0.1, 0.15) is 20.3 Å². The minimum Gasteiger partial charge on any atom is -0.147 e. The van der Waals surface area contributed by atoms with Crippen LogP contribution in [0.4, 0.5) is 0 Å². The maximum atomic E-state index is 3.44. The molecule has 0 aliphatic heterocycles. The van der Waals surface area contributed by atoms with Crippen molar-refractivity contribution in [3.8, 4) is 0 Å². The summed E-state index contributed by atoms with van der Waals surface area (Å²) in [6, 6.07) is 4.39. The third-order valence-electron chi connectivity index (χ3n) is 3.55. The summed E-state index contributed by atoms with van der Waals surface area (Å²) in [5.74, 6) is 0. The summed E-state index contributed by atoms with van der Waals surface area (Å²) in [5, 5.41) is 0. The number of halogens is 2. The third kappa shape index (κ3) is 3.10. The normalized spacial score (nSPS) is 16.5. The summed E-state index contributed by atoms with van der Waals surface area (Å²) in [7, 11) is 0. The monoisotopic (exact) mass is 350 g/mol. The zero-order valence-electron chi connectivity index (χ0n) is 10.5. The molecule has 0 saturated carbocycles. The van der Waals surface area contributed by atoms with Crippen LogP contribution in [0, 0.1) is 0 Å². The van der Waals surface area contributed by atoms with Gasteiger partial charge in [-0.25, -0.2) is 0 Å². The summed E-state index contributed by atoms with van der Waals surface area (Å²) in [6.07, 6.45) is 10.0. The van der Waals surface area contributed by atoms with Crippen LogP contribution in [0.15, 0.2) is 39.8 Å². The van der Waals surface area contributed by atoms with Crippen molar-refractivity contribution in [3.05, 3.63) is 39.8 Å². The molecule has 0 radical (unpaired) electrons. The van der Waals surface area contributed by atoms with Gasteiger partial charge in [0.1, 0.15) is 0 Å². The van der Waals surface area contributed by atoms with Crippen LogP contribution in [0.2, 0.25) is 4.63 Å². The minimum atomic E-state index is -2.39. The largest absolute Gasteiger partial charge is 0.147 e. The van der Waals surface area contributed by atoms with E-state index in [0.717, 1.165) is 6.42 Å². The number of nitrogens with one attached hydrogen (secondary N) is 1. The fraction of sp³-hybridized carbons (Fsp3) is 0.308. The summed E-state index contributed by atoms with van der Waals surface area (Å²) in [6.45, 7) is 4.60. The van der Waals surface area contributed by atoms with Crippen molar-refractivity contribution in [1.82, 2.24) is 4.98 Å². The van der Waals surface area contributed by atoms with Crippen LogP contribution in [0.25, 0.3) is 0 Å². The van der Waals surface area contributed by atoms with E-state index >= 15 is 0 Å². The van der Waals surface area contributed by atoms with Gasteiger partial charge >= 0.3 is 96.1 Å². The van der Waals surface area contributed by atoms with Crippen molar-refractivity contribution in [2.24, 2.45) is 0 Å². The SMILES string of the molecule is C[C](C)=[Zr]([CH3])([C]1=CC=CC1)[c]1ccc[nH]1.Cl.Cl. The van der Waals surface area contributed by atoms with Gasteiger partial charge in [-0.3, -0.25) is 0 Å². The molecule has 1 unspecified atom stereocenters. The van der Waals surface area contributed by atoms with Gasteiger partial charge in [0.2, 0.25) is 0 Å². The molecule has 1 heterocycles. The Morgan fingerprint density at radius 3 is 2.41 bits per heavy atom. The second kappa shape index (κ2) is 6.87. The van der Waals surface area contributed by atoms with Crippen molar-refractivity contribution in [1.29, 1.82) is 0 Å². The number of rotatable bonds is 2. The molecule has 1 aromatic heterocycles. The topological polar surface area (TPSA) is 15.8 Å². The Bertz CT molecular complexity index is 466. The molecule has 4 heteroatoms. The van der Waals surface area contributed by atoms with Crippen LogP contribution >= 0.6 is 24.8 Å². The van der Waals surface area contributed by atoms with Gasteiger partial charge < -0.3 is 0 Å². The molecule has 95 valence electrons. The average Bonchev–Trinajstić information content (AvgIpc) is 2.89. The van der Waals surface area contributed by atoms with Crippen molar-refractivity contribution in [2.45, 2.75) is 24.9 Å². The molecule has 2 rings (SSSR count). The Balaban J connectivity index is 0.00000128. The molecule has 0 amide bonds. The van der Waals surface area contributed by atoms with Crippen LogP contribution in [0.5, 0.6) is 0 Å². The second-order valence-electron chi connectivity index (χ2n) is 4.53. The molecule has 1 nitrogen and oxygen atoms in total. The first kappa shape index (κ1) is 17.1. The number of hydrogen-bond donors (Lipinski definition) is 1. The third-order valence-corrected chi connectivity index (χ3v) is 15.9. The number of hydrogen-bond acceptors (Lipinski definition) is 0. The van der Waals surface area contributed by atoms with Crippen molar-refractivity contribution in [3.63, 3.8) is 0 Å². The zero-order valence-corrected chi connectivity index (χ0v) is 14.6. The molecule has 1 atom stereocenters. The number of allylic oxidation sites excluding steroid dienone is 4. The molecule has 0 spiro atoms. The Morgan fingerprint density at radius 1 is 1.29 bits per heavy atom. The molecule has 0 fully saturated rings. The molecule has 0 saturated heterocycles.